The summed E-state index contributed by atoms with van der Waals surface area (Å²) in [6.45, 7) is -3.67. The molecule has 28 nitrogen and oxygen atoms in total. The maximum Gasteiger partial charge on any atom is 0.364 e. The van der Waals surface area contributed by atoms with Crippen LogP contribution in [0.15, 0.2) is 0 Å². The van der Waals surface area contributed by atoms with Gasteiger partial charge in [-0.05, 0) is 0 Å². The maximum atomic E-state index is 12.9. The lowest BCUT2D eigenvalue weighted by molar-refractivity contribution is -0.379. The van der Waals surface area contributed by atoms with Crippen LogP contribution in [0.2, 0.25) is 0 Å². The van der Waals surface area contributed by atoms with E-state index in [9.17, 15) is 101 Å². The van der Waals surface area contributed by atoms with E-state index >= 15 is 0 Å². The number of carboxylic acids is 3. The number of rotatable bonds is 17. The molecule has 28 heteroatoms. The summed E-state index contributed by atoms with van der Waals surface area (Å²) in [5, 5.41) is 168. The predicted octanol–water partition coefficient (Wildman–Crippen LogP) is -10.1. The summed E-state index contributed by atoms with van der Waals surface area (Å²) in [4.78, 5) is 49.5. The lowest BCUT2D eigenvalue weighted by atomic mass is 9.89. The van der Waals surface area contributed by atoms with Crippen LogP contribution in [-0.4, -0.2) is 253 Å². The van der Waals surface area contributed by atoms with Gasteiger partial charge >= 0.3 is 17.9 Å². The molecule has 4 aliphatic heterocycles. The first-order chi connectivity index (χ1) is 27.9. The van der Waals surface area contributed by atoms with E-state index in [-0.39, 0.29) is 0 Å². The zero-order valence-corrected chi connectivity index (χ0v) is 31.4. The number of nitrogens with one attached hydrogen (secondary N) is 1. The molecule has 346 valence electrons. The molecule has 60 heavy (non-hydrogen) atoms. The van der Waals surface area contributed by atoms with Gasteiger partial charge in [-0.25, -0.2) is 14.4 Å². The summed E-state index contributed by atoms with van der Waals surface area (Å²) in [6.07, 6.45) is -37.1. The Morgan fingerprint density at radius 2 is 1.08 bits per heavy atom. The molecule has 0 bridgehead atoms. The molecule has 0 aromatic heterocycles. The Bertz CT molecular complexity index is 1510. The highest BCUT2D eigenvalue weighted by Gasteiger charge is 2.62. The highest BCUT2D eigenvalue weighted by atomic mass is 16.8. The van der Waals surface area contributed by atoms with Crippen molar-refractivity contribution >= 4 is 23.8 Å². The van der Waals surface area contributed by atoms with Crippen molar-refractivity contribution in [2.75, 3.05) is 26.4 Å². The Balaban J connectivity index is 1.61. The Kier molecular flexibility index (Phi) is 16.3. The van der Waals surface area contributed by atoms with Gasteiger partial charge in [-0.15, -0.1) is 0 Å². The van der Waals surface area contributed by atoms with Crippen LogP contribution in [0, 0.1) is 0 Å². The minimum Gasteiger partial charge on any atom is -0.477 e. The topological polar surface area (TPSA) is 469 Å². The van der Waals surface area contributed by atoms with Crippen LogP contribution in [0.4, 0.5) is 0 Å². The fraction of sp³-hybridized carbons (Fsp3) is 0.875. The van der Waals surface area contributed by atoms with Crippen molar-refractivity contribution < 1.29 is 134 Å². The Labute approximate surface area is 337 Å². The number of carboxylic acid groups (broad SMARTS) is 3. The number of carbonyl (C=O) groups excluding carboxylic acids is 1. The molecule has 4 rings (SSSR count). The summed E-state index contributed by atoms with van der Waals surface area (Å²) in [5.41, 5.74) is 0. The van der Waals surface area contributed by atoms with E-state index in [1.54, 1.807) is 0 Å². The fourth-order valence-corrected chi connectivity index (χ4v) is 7.18. The molecular weight excluding hydrogens is 830 g/mol. The van der Waals surface area contributed by atoms with Crippen molar-refractivity contribution in [3.8, 4) is 0 Å². The van der Waals surface area contributed by atoms with Crippen LogP contribution >= 0.6 is 0 Å². The molecule has 4 saturated heterocycles. The molecule has 0 radical (unpaired) electrons. The van der Waals surface area contributed by atoms with E-state index in [0.29, 0.717) is 0 Å². The van der Waals surface area contributed by atoms with Crippen LogP contribution in [0.5, 0.6) is 0 Å². The summed E-state index contributed by atoms with van der Waals surface area (Å²) in [7, 11) is 0. The SMILES string of the molecule is CC(=O)N[C@@H]1[C@@H](O)[C@H](O)[C@@H](CO[C@]2(C(=O)O)C[C@@H](O[C@]3(C(=O)O)C[C@@H](O)[C@@H](O)[C@@H]([C@H](O)CO[C@]4(C(=O)O)C[C@@H](O)[C@@H](O)[C@@H]([C@H](O)CO)O4)O3)[C@@H](O)[C@@H]([C@H](O)CO)O2)O[C@H]1O. The van der Waals surface area contributed by atoms with Gasteiger partial charge < -0.3 is 120 Å². The molecule has 17 N–H and O–H groups in total. The van der Waals surface area contributed by atoms with Gasteiger partial charge in [0.25, 0.3) is 17.4 Å². The zero-order chi connectivity index (χ0) is 45.2. The number of amides is 1. The number of aliphatic hydroxyl groups is 13. The first-order valence-corrected chi connectivity index (χ1v) is 18.2. The van der Waals surface area contributed by atoms with Crippen LogP contribution in [0.3, 0.4) is 0 Å². The van der Waals surface area contributed by atoms with Crippen molar-refractivity contribution in [2.24, 2.45) is 0 Å². The van der Waals surface area contributed by atoms with Crippen molar-refractivity contribution in [1.82, 2.24) is 5.32 Å². The summed E-state index contributed by atoms with van der Waals surface area (Å²) in [6, 6.07) is -1.56. The van der Waals surface area contributed by atoms with Crippen molar-refractivity contribution in [1.29, 1.82) is 0 Å². The molecule has 4 fully saturated rings. The van der Waals surface area contributed by atoms with Crippen LogP contribution in [0.1, 0.15) is 26.2 Å². The van der Waals surface area contributed by atoms with Crippen LogP contribution in [-0.2, 0) is 52.3 Å². The molecule has 0 aliphatic carbocycles. The normalized spacial score (nSPS) is 44.0. The van der Waals surface area contributed by atoms with Crippen molar-refractivity contribution in [2.45, 2.75) is 147 Å². The van der Waals surface area contributed by atoms with E-state index < -0.39 is 191 Å². The van der Waals surface area contributed by atoms with Crippen molar-refractivity contribution in [3.63, 3.8) is 0 Å². The van der Waals surface area contributed by atoms with Gasteiger partial charge in [0.05, 0.1) is 44.7 Å². The maximum absolute atomic E-state index is 12.9. The zero-order valence-electron chi connectivity index (χ0n) is 31.4. The van der Waals surface area contributed by atoms with Gasteiger partial charge in [-0.1, -0.05) is 0 Å². The number of carbonyl (C=O) groups is 4. The number of aliphatic carboxylic acids is 3. The quantitative estimate of drug-likeness (QED) is 0.0645. The second kappa shape index (κ2) is 19.6. The van der Waals surface area contributed by atoms with Gasteiger partial charge in [-0.2, -0.15) is 0 Å². The first kappa shape index (κ1) is 49.7. The third kappa shape index (κ3) is 10.1. The van der Waals surface area contributed by atoms with E-state index in [1.807, 2.05) is 0 Å². The van der Waals surface area contributed by atoms with Gasteiger partial charge in [0.2, 0.25) is 5.91 Å². The average Bonchev–Trinajstić information content (AvgIpc) is 3.18. The minimum absolute atomic E-state index is 0.739. The lowest BCUT2D eigenvalue weighted by Crippen LogP contribution is -2.68. The van der Waals surface area contributed by atoms with E-state index in [4.69, 9.17) is 33.2 Å². The third-order valence-electron chi connectivity index (χ3n) is 10.5. The third-order valence-corrected chi connectivity index (χ3v) is 10.5. The second-order valence-electron chi connectivity index (χ2n) is 14.8. The second-order valence-corrected chi connectivity index (χ2v) is 14.8. The minimum atomic E-state index is -3.29. The van der Waals surface area contributed by atoms with E-state index in [2.05, 4.69) is 5.32 Å². The molecule has 0 aromatic rings. The molecular formula is C32H51NO27. The van der Waals surface area contributed by atoms with Gasteiger partial charge in [0, 0.05) is 26.2 Å². The Hall–Kier alpha value is -2.92. The fourth-order valence-electron chi connectivity index (χ4n) is 7.18. The Morgan fingerprint density at radius 3 is 1.57 bits per heavy atom. The number of hydrogen-bond acceptors (Lipinski definition) is 24. The van der Waals surface area contributed by atoms with E-state index in [1.165, 1.54) is 0 Å². The van der Waals surface area contributed by atoms with Crippen LogP contribution < -0.4 is 5.32 Å². The monoisotopic (exact) mass is 881 g/mol. The van der Waals surface area contributed by atoms with Gasteiger partial charge in [-0.3, -0.25) is 4.79 Å². The molecule has 0 unspecified atom stereocenters. The standard InChI is InChI=1S/C32H51NO27/c1-9(36)33-17-22(46)20(44)16(56-26(17)47)8-55-31(28(50)51)4-15(21(45)24(59-31)13(40)6-35)57-32(29(52)53)3-11(38)19(43)25(60-32)14(41)7-54-30(27(48)49)2-10(37)18(42)23(58-30)12(39)5-34/h10-26,34-35,37-47H,2-8H2,1H3,(H,33,36)(H,48,49)(H,50,51)(H,52,53)/t10-,11-,12-,13-,14-,15-,16-,17-,18-,19-,20-,21-,22-,23-,24-,25-,26-,30-,31-,32-/m1/s1. The molecule has 20 atom stereocenters. The van der Waals surface area contributed by atoms with Crippen molar-refractivity contribution in [3.05, 3.63) is 0 Å². The highest BCUT2D eigenvalue weighted by Crippen LogP contribution is 2.41. The average molecular weight is 882 g/mol. The highest BCUT2D eigenvalue weighted by molar-refractivity contribution is 5.77. The molecule has 4 heterocycles. The largest absolute Gasteiger partial charge is 0.477 e. The molecule has 0 aromatic carbocycles. The molecule has 1 amide bonds. The number of hydrogen-bond donors (Lipinski definition) is 17. The van der Waals surface area contributed by atoms with Crippen LogP contribution in [0.25, 0.3) is 0 Å². The summed E-state index contributed by atoms with van der Waals surface area (Å²) >= 11 is 0. The summed E-state index contributed by atoms with van der Waals surface area (Å²) in [5.74, 6) is -16.4. The van der Waals surface area contributed by atoms with E-state index in [0.717, 1.165) is 6.92 Å². The first-order valence-electron chi connectivity index (χ1n) is 18.2. The predicted molar refractivity (Wildman–Crippen MR) is 179 cm³/mol. The van der Waals surface area contributed by atoms with Gasteiger partial charge in [0.1, 0.15) is 79.3 Å². The molecule has 0 spiro atoms. The summed E-state index contributed by atoms with van der Waals surface area (Å²) < 4.78 is 37.5. The van der Waals surface area contributed by atoms with Gasteiger partial charge in [0.15, 0.2) is 6.29 Å². The smallest absolute Gasteiger partial charge is 0.364 e. The molecule has 0 saturated carbocycles. The number of aliphatic hydroxyl groups excluding tert-OH is 13. The lowest BCUT2D eigenvalue weighted by Gasteiger charge is -2.50. The molecule has 4 aliphatic rings. The number of ether oxygens (including phenoxy) is 7. The Morgan fingerprint density at radius 1 is 0.633 bits per heavy atom.